The quantitative estimate of drug-likeness (QED) is 0.267. The first-order chi connectivity index (χ1) is 17.5. The summed E-state index contributed by atoms with van der Waals surface area (Å²) in [6.45, 7) is 2.53. The van der Waals surface area contributed by atoms with Crippen molar-refractivity contribution in [1.82, 2.24) is 20.1 Å². The van der Waals surface area contributed by atoms with Gasteiger partial charge in [0.2, 0.25) is 5.91 Å². The van der Waals surface area contributed by atoms with Crippen LogP contribution in [0.15, 0.2) is 78.0 Å². The van der Waals surface area contributed by atoms with Crippen LogP contribution in [0, 0.1) is 6.92 Å². The number of nitrogens with one attached hydrogen (secondary N) is 1. The van der Waals surface area contributed by atoms with Gasteiger partial charge < -0.3 is 14.8 Å². The van der Waals surface area contributed by atoms with E-state index < -0.39 is 0 Å². The molecule has 0 radical (unpaired) electrons. The maximum Gasteiger partial charge on any atom is 0.246 e. The van der Waals surface area contributed by atoms with Crippen molar-refractivity contribution in [3.63, 3.8) is 0 Å². The lowest BCUT2D eigenvalue weighted by atomic mass is 10.2. The van der Waals surface area contributed by atoms with Crippen LogP contribution >= 0.6 is 23.4 Å². The van der Waals surface area contributed by atoms with E-state index >= 15 is 0 Å². The summed E-state index contributed by atoms with van der Waals surface area (Å²) < 4.78 is 12.8. The summed E-state index contributed by atoms with van der Waals surface area (Å²) in [5.74, 6) is 1.85. The highest BCUT2D eigenvalue weighted by atomic mass is 35.5. The van der Waals surface area contributed by atoms with E-state index in [1.165, 1.54) is 0 Å². The Morgan fingerprint density at radius 2 is 1.83 bits per heavy atom. The SMILES string of the molecule is COc1cccc(CSc2nnc(CNC(=O)COCc3ccccc3)n2-c2cc(Cl)ccc2C)c1. The van der Waals surface area contributed by atoms with E-state index in [1.807, 2.05) is 84.3 Å². The molecule has 1 N–H and O–H groups in total. The van der Waals surface area contributed by atoms with Crippen LogP contribution in [0.1, 0.15) is 22.5 Å². The first-order valence-corrected chi connectivity index (χ1v) is 12.7. The van der Waals surface area contributed by atoms with Gasteiger partial charge in [0.25, 0.3) is 0 Å². The van der Waals surface area contributed by atoms with E-state index in [0.29, 0.717) is 28.4 Å². The van der Waals surface area contributed by atoms with E-state index in [0.717, 1.165) is 28.1 Å². The second-order valence-electron chi connectivity index (χ2n) is 8.06. The molecule has 1 amide bonds. The Morgan fingerprint density at radius 3 is 2.64 bits per heavy atom. The second kappa shape index (κ2) is 12.6. The van der Waals surface area contributed by atoms with Gasteiger partial charge in [0.15, 0.2) is 11.0 Å². The van der Waals surface area contributed by atoms with Crippen LogP contribution in [0.4, 0.5) is 0 Å². The molecule has 7 nitrogen and oxygen atoms in total. The zero-order chi connectivity index (χ0) is 25.3. The molecule has 0 saturated carbocycles. The normalized spacial score (nSPS) is 10.9. The molecule has 0 saturated heterocycles. The molecule has 0 unspecified atom stereocenters. The highest BCUT2D eigenvalue weighted by molar-refractivity contribution is 7.98. The second-order valence-corrected chi connectivity index (χ2v) is 9.44. The Kier molecular flexibility index (Phi) is 9.00. The smallest absolute Gasteiger partial charge is 0.246 e. The zero-order valence-electron chi connectivity index (χ0n) is 20.1. The van der Waals surface area contributed by atoms with E-state index in [9.17, 15) is 4.79 Å². The van der Waals surface area contributed by atoms with Crippen LogP contribution in [0.5, 0.6) is 5.75 Å². The number of benzene rings is 3. The van der Waals surface area contributed by atoms with Gasteiger partial charge >= 0.3 is 0 Å². The van der Waals surface area contributed by atoms with Crippen molar-refractivity contribution in [3.05, 3.63) is 100 Å². The Labute approximate surface area is 219 Å². The maximum atomic E-state index is 12.4. The lowest BCUT2D eigenvalue weighted by Crippen LogP contribution is -2.28. The molecule has 0 fully saturated rings. The molecule has 186 valence electrons. The van der Waals surface area contributed by atoms with Crippen molar-refractivity contribution in [3.8, 4) is 11.4 Å². The molecule has 4 rings (SSSR count). The van der Waals surface area contributed by atoms with E-state index in [1.54, 1.807) is 18.9 Å². The molecule has 9 heteroatoms. The number of carbonyl (C=O) groups is 1. The molecule has 0 aliphatic rings. The van der Waals surface area contributed by atoms with Crippen molar-refractivity contribution in [2.45, 2.75) is 31.0 Å². The Hall–Kier alpha value is -3.33. The lowest BCUT2D eigenvalue weighted by Gasteiger charge is -2.14. The van der Waals surface area contributed by atoms with Crippen molar-refractivity contribution < 1.29 is 14.3 Å². The Bertz CT molecular complexity index is 1310. The molecule has 36 heavy (non-hydrogen) atoms. The lowest BCUT2D eigenvalue weighted by molar-refractivity contribution is -0.126. The predicted octanol–water partition coefficient (Wildman–Crippen LogP) is 5.36. The van der Waals surface area contributed by atoms with Gasteiger partial charge in [0.1, 0.15) is 12.4 Å². The number of rotatable bonds is 11. The van der Waals surface area contributed by atoms with Crippen molar-refractivity contribution in [1.29, 1.82) is 0 Å². The minimum absolute atomic E-state index is 0.0450. The van der Waals surface area contributed by atoms with Crippen molar-refractivity contribution >= 4 is 29.3 Å². The van der Waals surface area contributed by atoms with Crippen LogP contribution in [0.2, 0.25) is 5.02 Å². The predicted molar refractivity (Wildman–Crippen MR) is 142 cm³/mol. The molecule has 4 aromatic rings. The van der Waals surface area contributed by atoms with Crippen LogP contribution < -0.4 is 10.1 Å². The number of ether oxygens (including phenoxy) is 2. The number of nitrogens with zero attached hydrogens (tertiary/aromatic N) is 3. The molecule has 0 spiro atoms. The van der Waals surface area contributed by atoms with Gasteiger partial charge in [-0.3, -0.25) is 9.36 Å². The zero-order valence-corrected chi connectivity index (χ0v) is 21.7. The van der Waals surface area contributed by atoms with Gasteiger partial charge in [0.05, 0.1) is 25.9 Å². The average molecular weight is 523 g/mol. The Balaban J connectivity index is 1.47. The fraction of sp³-hybridized carbons (Fsp3) is 0.222. The largest absolute Gasteiger partial charge is 0.497 e. The van der Waals surface area contributed by atoms with E-state index in [2.05, 4.69) is 15.5 Å². The molecule has 1 heterocycles. The fourth-order valence-electron chi connectivity index (χ4n) is 3.55. The number of thioether (sulfide) groups is 1. The number of methoxy groups -OCH3 is 1. The molecule has 1 aromatic heterocycles. The standard InChI is InChI=1S/C27H27ClN4O3S/c1-19-11-12-22(28)14-24(19)32-25(15-29-26(33)17-35-16-20-7-4-3-5-8-20)30-31-27(32)36-18-21-9-6-10-23(13-21)34-2/h3-14H,15-18H2,1-2H3,(H,29,33). The maximum absolute atomic E-state index is 12.4. The monoisotopic (exact) mass is 522 g/mol. The molecular weight excluding hydrogens is 496 g/mol. The van der Waals surface area contributed by atoms with Crippen LogP contribution in [0.3, 0.4) is 0 Å². The number of halogens is 1. The van der Waals surface area contributed by atoms with Gasteiger partial charge in [-0.2, -0.15) is 0 Å². The minimum atomic E-state index is -0.228. The van der Waals surface area contributed by atoms with E-state index in [-0.39, 0.29) is 19.1 Å². The number of carbonyl (C=O) groups excluding carboxylic acids is 1. The van der Waals surface area contributed by atoms with Gasteiger partial charge in [0, 0.05) is 10.8 Å². The first-order valence-electron chi connectivity index (χ1n) is 11.4. The van der Waals surface area contributed by atoms with Crippen molar-refractivity contribution in [2.24, 2.45) is 0 Å². The summed E-state index contributed by atoms with van der Waals surface area (Å²) >= 11 is 7.87. The van der Waals surface area contributed by atoms with Crippen LogP contribution in [-0.2, 0) is 28.4 Å². The first kappa shape index (κ1) is 25.8. The summed E-state index contributed by atoms with van der Waals surface area (Å²) in [4.78, 5) is 12.4. The number of amides is 1. The highest BCUT2D eigenvalue weighted by Crippen LogP contribution is 2.29. The number of aryl methyl sites for hydroxylation is 1. The molecule has 0 atom stereocenters. The summed E-state index contributed by atoms with van der Waals surface area (Å²) in [5.41, 5.74) is 3.99. The fourth-order valence-corrected chi connectivity index (χ4v) is 4.62. The van der Waals surface area contributed by atoms with Crippen LogP contribution in [-0.4, -0.2) is 34.4 Å². The molecule has 0 bridgehead atoms. The molecular formula is C27H27ClN4O3S. The molecule has 0 aliphatic carbocycles. The minimum Gasteiger partial charge on any atom is -0.497 e. The summed E-state index contributed by atoms with van der Waals surface area (Å²) in [7, 11) is 1.65. The average Bonchev–Trinajstić information content (AvgIpc) is 3.31. The Morgan fingerprint density at radius 1 is 1.03 bits per heavy atom. The number of hydrogen-bond donors (Lipinski definition) is 1. The summed E-state index contributed by atoms with van der Waals surface area (Å²) in [6.07, 6.45) is 0. The van der Waals surface area contributed by atoms with Crippen molar-refractivity contribution in [2.75, 3.05) is 13.7 Å². The van der Waals surface area contributed by atoms with Crippen LogP contribution in [0.25, 0.3) is 5.69 Å². The summed E-state index contributed by atoms with van der Waals surface area (Å²) in [5, 5.41) is 13.0. The third-order valence-electron chi connectivity index (χ3n) is 5.40. The number of aromatic nitrogens is 3. The van der Waals surface area contributed by atoms with Gasteiger partial charge in [-0.05, 0) is 47.9 Å². The van der Waals surface area contributed by atoms with Gasteiger partial charge in [-0.15, -0.1) is 10.2 Å². The molecule has 0 aliphatic heterocycles. The number of hydrogen-bond acceptors (Lipinski definition) is 6. The molecule has 3 aromatic carbocycles. The van der Waals surface area contributed by atoms with E-state index in [4.69, 9.17) is 21.1 Å². The topological polar surface area (TPSA) is 78.3 Å². The highest BCUT2D eigenvalue weighted by Gasteiger charge is 2.17. The third-order valence-corrected chi connectivity index (χ3v) is 6.64. The summed E-state index contributed by atoms with van der Waals surface area (Å²) in [6, 6.07) is 23.3. The van der Waals surface area contributed by atoms with Gasteiger partial charge in [-0.1, -0.05) is 71.9 Å². The van der Waals surface area contributed by atoms with Gasteiger partial charge in [-0.25, -0.2) is 0 Å². The third kappa shape index (κ3) is 6.87.